The van der Waals surface area contributed by atoms with Crippen molar-refractivity contribution < 1.29 is 23.6 Å². The van der Waals surface area contributed by atoms with Gasteiger partial charge in [0.15, 0.2) is 0 Å². The number of hydrogen-bond acceptors (Lipinski definition) is 3. The largest absolute Gasteiger partial charge is 0.525 e. The van der Waals surface area contributed by atoms with Crippen LogP contribution in [0.4, 0.5) is 4.39 Å². The van der Waals surface area contributed by atoms with Gasteiger partial charge in [-0.15, -0.1) is 0 Å². The summed E-state index contributed by atoms with van der Waals surface area (Å²) in [5.41, 5.74) is -2.26. The Balaban J connectivity index is 2.84. The van der Waals surface area contributed by atoms with Crippen LogP contribution in [-0.4, -0.2) is 29.4 Å². The molecule has 0 aliphatic carbocycles. The molecule has 0 saturated carbocycles. The molecule has 15 heavy (non-hydrogen) atoms. The fraction of sp³-hybridized carbons (Fsp3) is 0.667. The third-order valence-electron chi connectivity index (χ3n) is 2.74. The Morgan fingerprint density at radius 2 is 1.67 bits per heavy atom. The smallest absolute Gasteiger partial charge is 0.478 e. The molecule has 0 aromatic heterocycles. The van der Waals surface area contributed by atoms with Crippen LogP contribution in [0.1, 0.15) is 27.7 Å². The van der Waals surface area contributed by atoms with E-state index in [4.69, 9.17) is 14.4 Å². The molecule has 6 heteroatoms. The maximum atomic E-state index is 13.3. The molecule has 1 fully saturated rings. The van der Waals surface area contributed by atoms with Gasteiger partial charge in [0.05, 0.1) is 17.3 Å². The van der Waals surface area contributed by atoms with Crippen LogP contribution in [0.25, 0.3) is 0 Å². The van der Waals surface area contributed by atoms with Crippen LogP contribution >= 0.6 is 0 Å². The maximum absolute atomic E-state index is 13.3. The molecule has 1 saturated heterocycles. The molecule has 0 radical (unpaired) electrons. The number of aliphatic carboxylic acids is 1. The van der Waals surface area contributed by atoms with Crippen molar-refractivity contribution in [3.05, 3.63) is 11.8 Å². The van der Waals surface area contributed by atoms with Crippen LogP contribution in [-0.2, 0) is 14.1 Å². The minimum Gasteiger partial charge on any atom is -0.478 e. The molecular weight excluding hydrogens is 202 g/mol. The van der Waals surface area contributed by atoms with Crippen molar-refractivity contribution >= 4 is 13.1 Å². The lowest BCUT2D eigenvalue weighted by Gasteiger charge is -2.32. The fourth-order valence-electron chi connectivity index (χ4n) is 1.14. The number of hydrogen-bond donors (Lipinski definition) is 1. The number of carboxylic acid groups (broad SMARTS) is 1. The van der Waals surface area contributed by atoms with Gasteiger partial charge in [-0.1, -0.05) is 0 Å². The second-order valence-electron chi connectivity index (χ2n) is 4.46. The molecule has 0 aromatic carbocycles. The average Bonchev–Trinajstić information content (AvgIpc) is 2.20. The van der Waals surface area contributed by atoms with Gasteiger partial charge in [0.25, 0.3) is 0 Å². The van der Waals surface area contributed by atoms with Gasteiger partial charge in [0.2, 0.25) is 0 Å². The molecule has 0 aromatic rings. The topological polar surface area (TPSA) is 55.8 Å². The molecule has 1 heterocycles. The van der Waals surface area contributed by atoms with E-state index in [9.17, 15) is 9.18 Å². The summed E-state index contributed by atoms with van der Waals surface area (Å²) in [6.45, 7) is 7.06. The van der Waals surface area contributed by atoms with Gasteiger partial charge in [0.1, 0.15) is 5.73 Å². The van der Waals surface area contributed by atoms with E-state index in [0.29, 0.717) is 6.08 Å². The molecule has 4 nitrogen and oxygen atoms in total. The summed E-state index contributed by atoms with van der Waals surface area (Å²) in [5, 5.41) is 8.38. The Morgan fingerprint density at radius 1 is 1.27 bits per heavy atom. The summed E-state index contributed by atoms with van der Waals surface area (Å²) in [6, 6.07) is 0. The minimum absolute atomic E-state index is 0.447. The highest BCUT2D eigenvalue weighted by Crippen LogP contribution is 2.38. The van der Waals surface area contributed by atoms with E-state index in [-0.39, 0.29) is 0 Å². The summed E-state index contributed by atoms with van der Waals surface area (Å²) >= 11 is 0. The van der Waals surface area contributed by atoms with Crippen molar-refractivity contribution in [3.8, 4) is 0 Å². The van der Waals surface area contributed by atoms with Crippen molar-refractivity contribution in [2.75, 3.05) is 0 Å². The zero-order valence-corrected chi connectivity index (χ0v) is 9.20. The van der Waals surface area contributed by atoms with E-state index < -0.39 is 30.0 Å². The third-order valence-corrected chi connectivity index (χ3v) is 2.74. The first-order valence-electron chi connectivity index (χ1n) is 4.61. The van der Waals surface area contributed by atoms with Crippen LogP contribution in [0.15, 0.2) is 11.8 Å². The Hall–Kier alpha value is -0.875. The van der Waals surface area contributed by atoms with Gasteiger partial charge < -0.3 is 14.4 Å². The lowest BCUT2D eigenvalue weighted by Crippen LogP contribution is -2.41. The zero-order valence-electron chi connectivity index (χ0n) is 9.20. The maximum Gasteiger partial charge on any atom is 0.525 e. The molecule has 0 spiro atoms. The Bertz CT molecular complexity index is 295. The highest BCUT2D eigenvalue weighted by Gasteiger charge is 2.53. The van der Waals surface area contributed by atoms with Crippen molar-refractivity contribution in [1.82, 2.24) is 0 Å². The highest BCUT2D eigenvalue weighted by molar-refractivity contribution is 6.54. The van der Waals surface area contributed by atoms with Crippen LogP contribution in [0.5, 0.6) is 0 Å². The highest BCUT2D eigenvalue weighted by atomic mass is 19.1. The summed E-state index contributed by atoms with van der Waals surface area (Å²) in [5.74, 6) is -1.36. The van der Waals surface area contributed by atoms with E-state index in [1.54, 1.807) is 27.7 Å². The van der Waals surface area contributed by atoms with Gasteiger partial charge >= 0.3 is 13.1 Å². The Kier molecular flexibility index (Phi) is 2.93. The lowest BCUT2D eigenvalue weighted by atomic mass is 9.88. The first-order chi connectivity index (χ1) is 6.66. The molecule has 0 atom stereocenters. The molecule has 1 N–H and O–H groups in total. The molecule has 0 amide bonds. The normalized spacial score (nSPS) is 24.3. The summed E-state index contributed by atoms with van der Waals surface area (Å²) < 4.78 is 23.9. The monoisotopic (exact) mass is 216 g/mol. The SMILES string of the molecule is CC1(C)OB(C(F)=CC(=O)O)OC1(C)C. The molecule has 1 aliphatic heterocycles. The van der Waals surface area contributed by atoms with E-state index in [1.807, 2.05) is 0 Å². The quantitative estimate of drug-likeness (QED) is 0.562. The Morgan fingerprint density at radius 3 is 2.00 bits per heavy atom. The summed E-state index contributed by atoms with van der Waals surface area (Å²) in [4.78, 5) is 10.3. The van der Waals surface area contributed by atoms with Crippen molar-refractivity contribution in [2.24, 2.45) is 0 Å². The minimum atomic E-state index is -1.36. The standard InChI is InChI=1S/C9H14BFO4/c1-8(2)9(3,4)15-10(14-8)6(11)5-7(12)13/h5H,1-4H3,(H,12,13). The number of halogens is 1. The molecule has 1 rings (SSSR count). The molecule has 0 bridgehead atoms. The second-order valence-corrected chi connectivity index (χ2v) is 4.46. The molecule has 0 unspecified atom stereocenters. The number of carboxylic acids is 1. The predicted octanol–water partition coefficient (Wildman–Crippen LogP) is 1.56. The van der Waals surface area contributed by atoms with Crippen LogP contribution in [0.3, 0.4) is 0 Å². The van der Waals surface area contributed by atoms with Gasteiger partial charge in [-0.05, 0) is 27.7 Å². The fourth-order valence-corrected chi connectivity index (χ4v) is 1.14. The van der Waals surface area contributed by atoms with Crippen molar-refractivity contribution in [1.29, 1.82) is 0 Å². The second kappa shape index (κ2) is 3.61. The molecule has 84 valence electrons. The van der Waals surface area contributed by atoms with Crippen molar-refractivity contribution in [3.63, 3.8) is 0 Å². The molecular formula is C9H14BFO4. The van der Waals surface area contributed by atoms with Crippen molar-refractivity contribution in [2.45, 2.75) is 38.9 Å². The predicted molar refractivity (Wildman–Crippen MR) is 52.9 cm³/mol. The lowest BCUT2D eigenvalue weighted by molar-refractivity contribution is -0.131. The van der Waals surface area contributed by atoms with E-state index in [2.05, 4.69) is 0 Å². The first kappa shape index (κ1) is 12.2. The Labute approximate surface area is 88.2 Å². The first-order valence-corrected chi connectivity index (χ1v) is 4.61. The van der Waals surface area contributed by atoms with E-state index in [0.717, 1.165) is 0 Å². The number of rotatable bonds is 2. The van der Waals surface area contributed by atoms with E-state index in [1.165, 1.54) is 0 Å². The van der Waals surface area contributed by atoms with Crippen LogP contribution in [0, 0.1) is 0 Å². The van der Waals surface area contributed by atoms with Gasteiger partial charge in [-0.3, -0.25) is 0 Å². The van der Waals surface area contributed by atoms with E-state index >= 15 is 0 Å². The van der Waals surface area contributed by atoms with Gasteiger partial charge in [-0.25, -0.2) is 9.18 Å². The summed E-state index contributed by atoms with van der Waals surface area (Å²) in [7, 11) is -1.23. The van der Waals surface area contributed by atoms with Crippen LogP contribution in [0.2, 0.25) is 0 Å². The third kappa shape index (κ3) is 2.38. The summed E-state index contributed by atoms with van der Waals surface area (Å²) in [6.07, 6.45) is 0.447. The van der Waals surface area contributed by atoms with Gasteiger partial charge in [0, 0.05) is 0 Å². The average molecular weight is 216 g/mol. The number of carbonyl (C=O) groups is 1. The van der Waals surface area contributed by atoms with Gasteiger partial charge in [-0.2, -0.15) is 0 Å². The van der Waals surface area contributed by atoms with Crippen LogP contribution < -0.4 is 0 Å². The zero-order chi connectivity index (χ0) is 11.9. The molecule has 1 aliphatic rings.